The quantitative estimate of drug-likeness (QED) is 0.208. The van der Waals surface area contributed by atoms with E-state index >= 15 is 0 Å². The van der Waals surface area contributed by atoms with Crippen molar-refractivity contribution in [1.82, 2.24) is 24.6 Å². The molecule has 0 radical (unpaired) electrons. The van der Waals surface area contributed by atoms with Gasteiger partial charge in [0.25, 0.3) is 5.91 Å². The molecule has 1 saturated heterocycles. The predicted molar refractivity (Wildman–Crippen MR) is 154 cm³/mol. The van der Waals surface area contributed by atoms with Crippen LogP contribution >= 0.6 is 11.8 Å². The minimum atomic E-state index is -0.0705. The number of carbonyl (C=O) groups excluding carboxylic acids is 2. The van der Waals surface area contributed by atoms with Gasteiger partial charge in [0.1, 0.15) is 5.75 Å². The van der Waals surface area contributed by atoms with Crippen LogP contribution in [0.1, 0.15) is 35.7 Å². The first kappa shape index (κ1) is 27.5. The highest BCUT2D eigenvalue weighted by molar-refractivity contribution is 7.99. The van der Waals surface area contributed by atoms with Crippen LogP contribution in [0.4, 0.5) is 0 Å². The Hall–Kier alpha value is -4.05. The second kappa shape index (κ2) is 12.4. The number of carbonyl (C=O) groups is 2. The molecule has 208 valence electrons. The van der Waals surface area contributed by atoms with Gasteiger partial charge < -0.3 is 19.0 Å². The fraction of sp³-hybridized carbons (Fsp3) is 0.333. The summed E-state index contributed by atoms with van der Waals surface area (Å²) in [5, 5.41) is 9.56. The van der Waals surface area contributed by atoms with E-state index in [4.69, 9.17) is 9.15 Å². The lowest BCUT2D eigenvalue weighted by atomic mass is 10.1. The molecule has 9 nitrogen and oxygen atoms in total. The number of aromatic nitrogens is 3. The molecule has 2 aromatic carbocycles. The van der Waals surface area contributed by atoms with Crippen LogP contribution in [-0.2, 0) is 4.79 Å². The van der Waals surface area contributed by atoms with Gasteiger partial charge in [-0.25, -0.2) is 0 Å². The molecule has 3 heterocycles. The normalized spacial score (nSPS) is 15.3. The van der Waals surface area contributed by atoms with E-state index < -0.39 is 0 Å². The smallest absolute Gasteiger partial charge is 0.254 e. The molecule has 40 heavy (non-hydrogen) atoms. The van der Waals surface area contributed by atoms with Gasteiger partial charge in [-0.2, -0.15) is 0 Å². The lowest BCUT2D eigenvalue weighted by Crippen LogP contribution is -2.55. The topological polar surface area (TPSA) is 93.7 Å². The Labute approximate surface area is 238 Å². The molecule has 1 aliphatic heterocycles. The van der Waals surface area contributed by atoms with Crippen molar-refractivity contribution in [3.8, 4) is 23.0 Å². The second-order valence-electron chi connectivity index (χ2n) is 9.83. The molecule has 10 heteroatoms. The first-order valence-corrected chi connectivity index (χ1v) is 14.3. The van der Waals surface area contributed by atoms with Crippen LogP contribution < -0.4 is 4.74 Å². The maximum atomic E-state index is 13.1. The van der Waals surface area contributed by atoms with Crippen LogP contribution in [0.3, 0.4) is 0 Å². The minimum absolute atomic E-state index is 0.0403. The monoisotopic (exact) mass is 559 g/mol. The van der Waals surface area contributed by atoms with Crippen molar-refractivity contribution in [2.75, 3.05) is 32.5 Å². The standard InChI is InChI=1S/C30H33N5O4S/c1-21-11-13-24(14-12-21)35-28(26-9-5-17-39-26)31-32-30(35)40-18-6-10-27(36)33-15-16-34(22(2)20-33)29(37)23-7-4-8-25(19-23)38-3/h4-5,7-9,11-14,17,19,22H,6,10,15-16,18,20H2,1-3H3. The number of aryl methyl sites for hydroxylation is 1. The maximum Gasteiger partial charge on any atom is 0.254 e. The Bertz CT molecular complexity index is 1450. The number of nitrogens with zero attached hydrogens (tertiary/aromatic N) is 5. The number of piperazine rings is 1. The summed E-state index contributed by atoms with van der Waals surface area (Å²) in [6.07, 6.45) is 2.77. The molecule has 0 aliphatic carbocycles. The van der Waals surface area contributed by atoms with E-state index in [1.165, 1.54) is 5.56 Å². The van der Waals surface area contributed by atoms with E-state index in [9.17, 15) is 9.59 Å². The zero-order valence-electron chi connectivity index (χ0n) is 22.9. The number of furan rings is 1. The van der Waals surface area contributed by atoms with Crippen LogP contribution in [-0.4, -0.2) is 74.9 Å². The van der Waals surface area contributed by atoms with Crippen molar-refractivity contribution in [2.24, 2.45) is 0 Å². The highest BCUT2D eigenvalue weighted by Gasteiger charge is 2.30. The van der Waals surface area contributed by atoms with Crippen molar-refractivity contribution < 1.29 is 18.7 Å². The third-order valence-electron chi connectivity index (χ3n) is 6.99. The number of hydrogen-bond donors (Lipinski definition) is 0. The van der Waals surface area contributed by atoms with Crippen molar-refractivity contribution in [3.63, 3.8) is 0 Å². The van der Waals surface area contributed by atoms with E-state index in [2.05, 4.69) is 29.3 Å². The molecule has 1 aliphatic rings. The summed E-state index contributed by atoms with van der Waals surface area (Å²) in [4.78, 5) is 29.8. The third-order valence-corrected chi connectivity index (χ3v) is 8.01. The summed E-state index contributed by atoms with van der Waals surface area (Å²) >= 11 is 1.57. The Balaban J connectivity index is 1.16. The number of amides is 2. The van der Waals surface area contributed by atoms with Crippen molar-refractivity contribution in [1.29, 1.82) is 0 Å². The molecule has 1 fully saturated rings. The van der Waals surface area contributed by atoms with Gasteiger partial charge in [-0.15, -0.1) is 10.2 Å². The summed E-state index contributed by atoms with van der Waals surface area (Å²) in [5.74, 6) is 2.73. The van der Waals surface area contributed by atoms with E-state index in [1.54, 1.807) is 37.3 Å². The first-order chi connectivity index (χ1) is 19.4. The molecule has 1 atom stereocenters. The van der Waals surface area contributed by atoms with E-state index in [-0.39, 0.29) is 17.9 Å². The fourth-order valence-electron chi connectivity index (χ4n) is 4.81. The predicted octanol–water partition coefficient (Wildman–Crippen LogP) is 5.09. The lowest BCUT2D eigenvalue weighted by molar-refractivity contribution is -0.133. The van der Waals surface area contributed by atoms with Gasteiger partial charge in [-0.3, -0.25) is 14.2 Å². The summed E-state index contributed by atoms with van der Waals surface area (Å²) in [7, 11) is 1.59. The Morgan fingerprint density at radius 3 is 2.62 bits per heavy atom. The van der Waals surface area contributed by atoms with Crippen LogP contribution in [0.15, 0.2) is 76.5 Å². The molecule has 4 aromatic rings. The Morgan fingerprint density at radius 1 is 1.07 bits per heavy atom. The van der Waals surface area contributed by atoms with Gasteiger partial charge in [0.2, 0.25) is 11.7 Å². The highest BCUT2D eigenvalue weighted by Crippen LogP contribution is 2.29. The molecule has 0 bridgehead atoms. The molecule has 5 rings (SSSR count). The van der Waals surface area contributed by atoms with Crippen molar-refractivity contribution in [3.05, 3.63) is 78.1 Å². The largest absolute Gasteiger partial charge is 0.497 e. The summed E-state index contributed by atoms with van der Waals surface area (Å²) in [6.45, 7) is 5.60. The molecule has 1 unspecified atom stereocenters. The van der Waals surface area contributed by atoms with Crippen LogP contribution in [0, 0.1) is 6.92 Å². The zero-order chi connectivity index (χ0) is 28.1. The number of ether oxygens (including phenoxy) is 1. The maximum absolute atomic E-state index is 13.1. The molecule has 2 aromatic heterocycles. The molecule has 0 spiro atoms. The number of hydrogen-bond acceptors (Lipinski definition) is 7. The average molecular weight is 560 g/mol. The molecule has 0 saturated carbocycles. The lowest BCUT2D eigenvalue weighted by Gasteiger charge is -2.40. The van der Waals surface area contributed by atoms with Crippen LogP contribution in [0.5, 0.6) is 5.75 Å². The number of methoxy groups -OCH3 is 1. The number of thioether (sulfide) groups is 1. The van der Waals surface area contributed by atoms with Crippen molar-refractivity contribution >= 4 is 23.6 Å². The SMILES string of the molecule is COc1cccc(C(=O)N2CCN(C(=O)CCCSc3nnc(-c4ccco4)n3-c3ccc(C)cc3)CC2C)c1. The summed E-state index contributed by atoms with van der Waals surface area (Å²) < 4.78 is 12.8. The van der Waals surface area contributed by atoms with Gasteiger partial charge >= 0.3 is 0 Å². The molecular weight excluding hydrogens is 526 g/mol. The highest BCUT2D eigenvalue weighted by atomic mass is 32.2. The van der Waals surface area contributed by atoms with Gasteiger partial charge in [0, 0.05) is 49.1 Å². The average Bonchev–Trinajstić information content (AvgIpc) is 3.66. The van der Waals surface area contributed by atoms with Gasteiger partial charge in [0.15, 0.2) is 10.9 Å². The zero-order valence-corrected chi connectivity index (χ0v) is 23.8. The second-order valence-corrected chi connectivity index (χ2v) is 10.9. The Morgan fingerprint density at radius 2 is 1.90 bits per heavy atom. The van der Waals surface area contributed by atoms with E-state index in [0.717, 1.165) is 16.6 Å². The fourth-order valence-corrected chi connectivity index (χ4v) is 5.70. The summed E-state index contributed by atoms with van der Waals surface area (Å²) in [6, 6.07) is 19.0. The van der Waals surface area contributed by atoms with E-state index in [1.807, 2.05) is 57.7 Å². The first-order valence-electron chi connectivity index (χ1n) is 13.4. The van der Waals surface area contributed by atoms with E-state index in [0.29, 0.717) is 55.4 Å². The van der Waals surface area contributed by atoms with Crippen molar-refractivity contribution in [2.45, 2.75) is 37.9 Å². The Kier molecular flexibility index (Phi) is 8.54. The van der Waals surface area contributed by atoms with Gasteiger partial charge in [0.05, 0.1) is 13.4 Å². The number of rotatable bonds is 9. The summed E-state index contributed by atoms with van der Waals surface area (Å²) in [5.41, 5.74) is 2.72. The van der Waals surface area contributed by atoms with Gasteiger partial charge in [-0.05, 0) is 62.7 Å². The minimum Gasteiger partial charge on any atom is -0.497 e. The number of benzene rings is 2. The van der Waals surface area contributed by atoms with Crippen LogP contribution in [0.25, 0.3) is 17.3 Å². The molecular formula is C30H33N5O4S. The molecule has 0 N–H and O–H groups in total. The van der Waals surface area contributed by atoms with Gasteiger partial charge in [-0.1, -0.05) is 35.5 Å². The van der Waals surface area contributed by atoms with Crippen LogP contribution in [0.2, 0.25) is 0 Å². The third kappa shape index (κ3) is 6.07. The molecule has 2 amide bonds.